The van der Waals surface area contributed by atoms with E-state index in [1.807, 2.05) is 30.3 Å². The number of fused-ring (bicyclic) bond motifs is 1. The summed E-state index contributed by atoms with van der Waals surface area (Å²) >= 11 is 0. The molecule has 1 aliphatic rings. The molecule has 1 saturated carbocycles. The molecule has 1 aliphatic carbocycles. The Morgan fingerprint density at radius 2 is 1.90 bits per heavy atom. The third kappa shape index (κ3) is 5.31. The minimum Gasteiger partial charge on any atom is -0.467 e. The van der Waals surface area contributed by atoms with E-state index < -0.39 is 11.5 Å². The van der Waals surface area contributed by atoms with Crippen molar-refractivity contribution in [2.45, 2.75) is 44.4 Å². The van der Waals surface area contributed by atoms with Gasteiger partial charge in [-0.1, -0.05) is 43.2 Å². The van der Waals surface area contributed by atoms with Gasteiger partial charge in [0.25, 0.3) is 5.91 Å². The molecule has 4 rings (SSSR count). The number of benzene rings is 2. The van der Waals surface area contributed by atoms with Gasteiger partial charge in [-0.2, -0.15) is 0 Å². The fraction of sp³-hybridized carbons (Fsp3) is 0.333. The minimum atomic E-state index is -0.688. The molecule has 3 aromatic rings. The van der Waals surface area contributed by atoms with Crippen LogP contribution in [0.5, 0.6) is 5.75 Å². The van der Waals surface area contributed by atoms with Crippen LogP contribution in [0.4, 0.5) is 0 Å². The van der Waals surface area contributed by atoms with Crippen LogP contribution in [0.15, 0.2) is 63.8 Å². The summed E-state index contributed by atoms with van der Waals surface area (Å²) in [6.07, 6.45) is 3.77. The van der Waals surface area contributed by atoms with Gasteiger partial charge in [0.05, 0.1) is 6.61 Å². The molecule has 1 amide bonds. The van der Waals surface area contributed by atoms with Gasteiger partial charge < -0.3 is 24.9 Å². The molecular formula is C24H26N2O5. The highest BCUT2D eigenvalue weighted by Crippen LogP contribution is 2.21. The molecule has 0 bridgehead atoms. The Morgan fingerprint density at radius 3 is 2.71 bits per heavy atom. The highest BCUT2D eigenvalue weighted by Gasteiger charge is 2.25. The molecule has 1 aromatic heterocycles. The molecule has 0 spiro atoms. The summed E-state index contributed by atoms with van der Waals surface area (Å²) in [4.78, 5) is 25.0. The second kappa shape index (κ2) is 9.76. The lowest BCUT2D eigenvalue weighted by Gasteiger charge is -2.29. The van der Waals surface area contributed by atoms with Crippen LogP contribution in [0, 0.1) is 0 Å². The molecule has 0 radical (unpaired) electrons. The van der Waals surface area contributed by atoms with Gasteiger partial charge >= 0.3 is 5.63 Å². The third-order valence-corrected chi connectivity index (χ3v) is 5.51. The van der Waals surface area contributed by atoms with Crippen LogP contribution >= 0.6 is 0 Å². The lowest BCUT2D eigenvalue weighted by atomic mass is 9.91. The van der Waals surface area contributed by atoms with Gasteiger partial charge in [-0.3, -0.25) is 4.79 Å². The van der Waals surface area contributed by atoms with Gasteiger partial charge in [0, 0.05) is 23.5 Å². The minimum absolute atomic E-state index is 0.0230. The Hall–Kier alpha value is -3.16. The summed E-state index contributed by atoms with van der Waals surface area (Å²) in [5, 5.41) is 3.52. The number of hydrogen-bond acceptors (Lipinski definition) is 6. The molecular weight excluding hydrogens is 396 g/mol. The largest absolute Gasteiger partial charge is 0.467 e. The van der Waals surface area contributed by atoms with Crippen molar-refractivity contribution in [3.05, 3.63) is 76.1 Å². The van der Waals surface area contributed by atoms with E-state index in [-0.39, 0.29) is 24.4 Å². The molecule has 7 nitrogen and oxygen atoms in total. The molecule has 3 N–H and O–H groups in total. The summed E-state index contributed by atoms with van der Waals surface area (Å²) in [6, 6.07) is 16.2. The molecule has 2 unspecified atom stereocenters. The van der Waals surface area contributed by atoms with Crippen molar-refractivity contribution in [1.29, 1.82) is 0 Å². The number of nitrogens with one attached hydrogen (secondary N) is 1. The normalized spacial score (nSPS) is 18.6. The van der Waals surface area contributed by atoms with E-state index in [9.17, 15) is 9.59 Å². The van der Waals surface area contributed by atoms with Crippen LogP contribution < -0.4 is 21.4 Å². The number of hydrogen-bond donors (Lipinski definition) is 2. The zero-order valence-corrected chi connectivity index (χ0v) is 17.2. The average molecular weight is 422 g/mol. The summed E-state index contributed by atoms with van der Waals surface area (Å²) < 4.78 is 16.5. The predicted octanol–water partition coefficient (Wildman–Crippen LogP) is 3.35. The zero-order valence-electron chi connectivity index (χ0n) is 17.2. The fourth-order valence-electron chi connectivity index (χ4n) is 3.77. The number of carbonyl (C=O) groups excluding carboxylic acids is 1. The van der Waals surface area contributed by atoms with E-state index in [0.29, 0.717) is 23.3 Å². The molecule has 0 aliphatic heterocycles. The first-order chi connectivity index (χ1) is 15.1. The summed E-state index contributed by atoms with van der Waals surface area (Å²) in [6.45, 7) is 0.499. The van der Waals surface area contributed by atoms with Crippen molar-refractivity contribution in [3.63, 3.8) is 0 Å². The van der Waals surface area contributed by atoms with Crippen molar-refractivity contribution in [2.75, 3.05) is 6.79 Å². The van der Waals surface area contributed by atoms with Crippen LogP contribution in [0.3, 0.4) is 0 Å². The first kappa shape index (κ1) is 21.1. The maximum absolute atomic E-state index is 12.6. The van der Waals surface area contributed by atoms with Crippen molar-refractivity contribution in [3.8, 4) is 5.75 Å². The van der Waals surface area contributed by atoms with Crippen molar-refractivity contribution < 1.29 is 18.7 Å². The molecule has 2 atom stereocenters. The van der Waals surface area contributed by atoms with Gasteiger partial charge in [0.1, 0.15) is 16.9 Å². The molecule has 7 heteroatoms. The van der Waals surface area contributed by atoms with E-state index >= 15 is 0 Å². The first-order valence-corrected chi connectivity index (χ1v) is 10.5. The second-order valence-electron chi connectivity index (χ2n) is 7.77. The molecule has 162 valence electrons. The Balaban J connectivity index is 1.40. The number of nitrogens with two attached hydrogens (primary N) is 1. The highest BCUT2D eigenvalue weighted by atomic mass is 16.7. The van der Waals surface area contributed by atoms with Crippen molar-refractivity contribution in [1.82, 2.24) is 5.32 Å². The lowest BCUT2D eigenvalue weighted by Crippen LogP contribution is -2.49. The van der Waals surface area contributed by atoms with Crippen LogP contribution in [0.2, 0.25) is 0 Å². The van der Waals surface area contributed by atoms with E-state index in [1.165, 1.54) is 0 Å². The fourth-order valence-corrected chi connectivity index (χ4v) is 3.77. The molecule has 0 saturated heterocycles. The maximum atomic E-state index is 12.6. The van der Waals surface area contributed by atoms with E-state index in [2.05, 4.69) is 5.32 Å². The third-order valence-electron chi connectivity index (χ3n) is 5.51. The van der Waals surface area contributed by atoms with Gasteiger partial charge in [0.2, 0.25) is 0 Å². The Labute approximate surface area is 180 Å². The van der Waals surface area contributed by atoms with E-state index in [4.69, 9.17) is 19.6 Å². The first-order valence-electron chi connectivity index (χ1n) is 10.5. The summed E-state index contributed by atoms with van der Waals surface area (Å²) in [5.41, 5.74) is 6.78. The number of carbonyl (C=O) groups is 1. The van der Waals surface area contributed by atoms with Gasteiger partial charge in [0.15, 0.2) is 6.79 Å². The standard InChI is InChI=1S/C24H26N2O5/c25-20-8-4-5-9-21(20)26-23(27)19-12-17-10-11-18(13-22(17)31-24(19)28)30-15-29-14-16-6-2-1-3-7-16/h1-3,6-7,10-13,20-21H,4-5,8-9,14-15,25H2,(H,26,27). The Bertz CT molecular complexity index is 1100. The van der Waals surface area contributed by atoms with Crippen molar-refractivity contribution in [2.24, 2.45) is 5.73 Å². The van der Waals surface area contributed by atoms with Gasteiger partial charge in [-0.05, 0) is 36.6 Å². The Morgan fingerprint density at radius 1 is 1.10 bits per heavy atom. The smallest absolute Gasteiger partial charge is 0.349 e. The topological polar surface area (TPSA) is 104 Å². The quantitative estimate of drug-likeness (QED) is 0.344. The second-order valence-corrected chi connectivity index (χ2v) is 7.77. The van der Waals surface area contributed by atoms with Gasteiger partial charge in [-0.15, -0.1) is 0 Å². The lowest BCUT2D eigenvalue weighted by molar-refractivity contribution is 0.00508. The van der Waals surface area contributed by atoms with Crippen molar-refractivity contribution >= 4 is 16.9 Å². The summed E-state index contributed by atoms with van der Waals surface area (Å²) in [7, 11) is 0. The van der Waals surface area contributed by atoms with Crippen LogP contribution in [-0.2, 0) is 11.3 Å². The average Bonchev–Trinajstić information content (AvgIpc) is 2.78. The molecule has 1 heterocycles. The zero-order chi connectivity index (χ0) is 21.6. The molecule has 31 heavy (non-hydrogen) atoms. The highest BCUT2D eigenvalue weighted by molar-refractivity contribution is 5.97. The van der Waals surface area contributed by atoms with Crippen LogP contribution in [-0.4, -0.2) is 24.8 Å². The SMILES string of the molecule is NC1CCCCC1NC(=O)c1cc2ccc(OCOCc3ccccc3)cc2oc1=O. The molecule has 1 fully saturated rings. The number of rotatable bonds is 7. The van der Waals surface area contributed by atoms with Crippen LogP contribution in [0.1, 0.15) is 41.6 Å². The summed E-state index contributed by atoms with van der Waals surface area (Å²) in [5.74, 6) is 0.0572. The monoisotopic (exact) mass is 422 g/mol. The molecule has 2 aromatic carbocycles. The van der Waals surface area contributed by atoms with Crippen LogP contribution in [0.25, 0.3) is 11.0 Å². The number of ether oxygens (including phenoxy) is 2. The maximum Gasteiger partial charge on any atom is 0.349 e. The number of amides is 1. The Kier molecular flexibility index (Phi) is 6.64. The van der Waals surface area contributed by atoms with E-state index in [1.54, 1.807) is 24.3 Å². The van der Waals surface area contributed by atoms with E-state index in [0.717, 1.165) is 31.2 Å². The predicted molar refractivity (Wildman–Crippen MR) is 117 cm³/mol. The van der Waals surface area contributed by atoms with Gasteiger partial charge in [-0.25, -0.2) is 4.79 Å².